The van der Waals surface area contributed by atoms with Gasteiger partial charge in [0.1, 0.15) is 5.76 Å². The Morgan fingerprint density at radius 1 is 1.11 bits per heavy atom. The Morgan fingerprint density at radius 3 is 2.55 bits per heavy atom. The summed E-state index contributed by atoms with van der Waals surface area (Å²) in [6.07, 6.45) is -2.03. The van der Waals surface area contributed by atoms with Crippen LogP contribution in [0.15, 0.2) is 54.3 Å². The van der Waals surface area contributed by atoms with Gasteiger partial charge in [-0.15, -0.1) is 0 Å². The molecule has 0 aromatic heterocycles. The third kappa shape index (κ3) is 4.51. The van der Waals surface area contributed by atoms with Crippen molar-refractivity contribution in [2.24, 2.45) is 0 Å². The van der Waals surface area contributed by atoms with E-state index < -0.39 is 59.6 Å². The van der Waals surface area contributed by atoms with Crippen LogP contribution in [0.1, 0.15) is 49.0 Å². The second-order valence-corrected chi connectivity index (χ2v) is 11.6. The highest BCUT2D eigenvalue weighted by Crippen LogP contribution is 2.65. The Hall–Kier alpha value is -4.42. The Balaban J connectivity index is 1.32. The van der Waals surface area contributed by atoms with Gasteiger partial charge in [0.25, 0.3) is 0 Å². The van der Waals surface area contributed by atoms with Crippen molar-refractivity contribution in [1.29, 1.82) is 0 Å². The summed E-state index contributed by atoms with van der Waals surface area (Å²) in [5, 5.41) is 21.8. The topological polar surface area (TPSA) is 158 Å². The highest BCUT2D eigenvalue weighted by Gasteiger charge is 2.72. The van der Waals surface area contributed by atoms with E-state index in [2.05, 4.69) is 4.90 Å². The maximum absolute atomic E-state index is 13.8. The number of methoxy groups -OCH3 is 1. The third-order valence-corrected chi connectivity index (χ3v) is 9.28. The van der Waals surface area contributed by atoms with E-state index in [0.29, 0.717) is 30.9 Å². The van der Waals surface area contributed by atoms with Gasteiger partial charge in [-0.3, -0.25) is 9.59 Å². The second kappa shape index (κ2) is 10.9. The van der Waals surface area contributed by atoms with Crippen LogP contribution in [0.25, 0.3) is 0 Å². The molecule has 6 atom stereocenters. The lowest BCUT2D eigenvalue weighted by molar-refractivity contribution is -0.178. The molecule has 44 heavy (non-hydrogen) atoms. The first-order valence-electron chi connectivity index (χ1n) is 14.4. The molecule has 2 aromatic carbocycles. The van der Waals surface area contributed by atoms with Gasteiger partial charge in [-0.1, -0.05) is 36.4 Å². The number of aliphatic hydroxyl groups is 1. The third-order valence-electron chi connectivity index (χ3n) is 9.28. The van der Waals surface area contributed by atoms with Crippen LogP contribution in [0.3, 0.4) is 0 Å². The summed E-state index contributed by atoms with van der Waals surface area (Å²) in [4.78, 5) is 51.7. The van der Waals surface area contributed by atoms with Gasteiger partial charge in [0.15, 0.2) is 17.6 Å². The van der Waals surface area contributed by atoms with E-state index in [1.807, 2.05) is 19.2 Å². The molecule has 6 rings (SSSR count). The van der Waals surface area contributed by atoms with Gasteiger partial charge in [0.05, 0.1) is 24.5 Å². The van der Waals surface area contributed by atoms with Gasteiger partial charge in [0, 0.05) is 30.5 Å². The van der Waals surface area contributed by atoms with Crippen molar-refractivity contribution >= 4 is 23.9 Å². The Morgan fingerprint density at radius 2 is 1.86 bits per heavy atom. The number of likely N-dealkylation sites (N-methyl/N-ethyl adjacent to an activating group) is 1. The SMILES string of the molecule is COc1ccc2c3c1O[C@H]1C(OC(=O)[C@@H](OC(=O)C[C@H](OC(C)=O)C(=O)O)c4ccccc4)=CC[C@@]4(O)[C@@H](C2)N(C)CC[C@]314. The maximum Gasteiger partial charge on any atom is 0.357 e. The number of benzene rings is 2. The minimum atomic E-state index is -1.79. The van der Waals surface area contributed by atoms with E-state index in [9.17, 15) is 29.4 Å². The van der Waals surface area contributed by atoms with Crippen LogP contribution in [0, 0.1) is 0 Å². The predicted octanol–water partition coefficient (Wildman–Crippen LogP) is 2.21. The minimum absolute atomic E-state index is 0.175. The van der Waals surface area contributed by atoms with Crippen LogP contribution < -0.4 is 9.47 Å². The van der Waals surface area contributed by atoms with Gasteiger partial charge >= 0.3 is 23.9 Å². The number of ether oxygens (including phenoxy) is 5. The van der Waals surface area contributed by atoms with Crippen molar-refractivity contribution in [1.82, 2.24) is 4.90 Å². The molecule has 0 amide bonds. The molecule has 1 saturated heterocycles. The number of nitrogens with zero attached hydrogens (tertiary/aromatic N) is 1. The van der Waals surface area contributed by atoms with Gasteiger partial charge in [-0.05, 0) is 44.1 Å². The van der Waals surface area contributed by atoms with Crippen molar-refractivity contribution in [3.63, 3.8) is 0 Å². The number of rotatable bonds is 9. The molecule has 4 aliphatic rings. The summed E-state index contributed by atoms with van der Waals surface area (Å²) < 4.78 is 28.3. The van der Waals surface area contributed by atoms with Crippen LogP contribution >= 0.6 is 0 Å². The highest BCUT2D eigenvalue weighted by molar-refractivity contribution is 5.85. The molecule has 2 heterocycles. The number of aliphatic carboxylic acids is 1. The molecule has 1 spiro atoms. The molecule has 12 heteroatoms. The van der Waals surface area contributed by atoms with E-state index in [0.717, 1.165) is 18.1 Å². The van der Waals surface area contributed by atoms with E-state index in [4.69, 9.17) is 23.7 Å². The molecule has 2 bridgehead atoms. The van der Waals surface area contributed by atoms with Gasteiger partial charge in [0.2, 0.25) is 12.2 Å². The first-order chi connectivity index (χ1) is 21.0. The number of hydrogen-bond acceptors (Lipinski definition) is 11. The van der Waals surface area contributed by atoms with Crippen LogP contribution in [-0.4, -0.2) is 83.5 Å². The molecule has 2 N–H and O–H groups in total. The van der Waals surface area contributed by atoms with Gasteiger partial charge in [-0.25, -0.2) is 9.59 Å². The van der Waals surface area contributed by atoms with Gasteiger partial charge in [-0.2, -0.15) is 0 Å². The maximum atomic E-state index is 13.8. The van der Waals surface area contributed by atoms with Crippen LogP contribution in [-0.2, 0) is 45.2 Å². The van der Waals surface area contributed by atoms with Crippen LogP contribution in [0.2, 0.25) is 0 Å². The van der Waals surface area contributed by atoms with E-state index in [1.54, 1.807) is 43.5 Å². The zero-order valence-electron chi connectivity index (χ0n) is 24.5. The first-order valence-corrected chi connectivity index (χ1v) is 14.4. The second-order valence-electron chi connectivity index (χ2n) is 11.6. The monoisotopic (exact) mass is 607 g/mol. The fraction of sp³-hybridized carbons (Fsp3) is 0.438. The first kappa shape index (κ1) is 29.6. The quantitative estimate of drug-likeness (QED) is 0.317. The standard InChI is InChI=1S/C32H33NO11/c1-17(34)41-22(29(36)37)16-24(35)43-26(18-7-5-4-6-8-18)30(38)42-21-11-12-32(39)23-15-19-9-10-20(40-3)27-25(19)31(32,28(21)44-27)13-14-33(23)2/h4-11,22-23,26,28,39H,12-16H2,1-3H3,(H,36,37)/t22-,23+,26-,28-,31-,32+/m0/s1. The smallest absolute Gasteiger partial charge is 0.357 e. The minimum Gasteiger partial charge on any atom is -0.493 e. The van der Waals surface area contributed by atoms with Crippen molar-refractivity contribution in [3.05, 3.63) is 71.0 Å². The number of esters is 3. The van der Waals surface area contributed by atoms with Crippen LogP contribution in [0.4, 0.5) is 0 Å². The number of carboxylic acids is 1. The average Bonchev–Trinajstić information content (AvgIpc) is 3.35. The van der Waals surface area contributed by atoms with Crippen LogP contribution in [0.5, 0.6) is 11.5 Å². The van der Waals surface area contributed by atoms with Crippen molar-refractivity contribution in [2.75, 3.05) is 20.7 Å². The van der Waals surface area contributed by atoms with E-state index in [-0.39, 0.29) is 23.8 Å². The Kier molecular flexibility index (Phi) is 7.37. The largest absolute Gasteiger partial charge is 0.493 e. The van der Waals surface area contributed by atoms with Gasteiger partial charge < -0.3 is 38.8 Å². The lowest BCUT2D eigenvalue weighted by Crippen LogP contribution is -2.74. The molecule has 2 aromatic rings. The molecule has 2 aliphatic heterocycles. The lowest BCUT2D eigenvalue weighted by Gasteiger charge is -2.61. The lowest BCUT2D eigenvalue weighted by atomic mass is 9.50. The zero-order chi connectivity index (χ0) is 31.4. The summed E-state index contributed by atoms with van der Waals surface area (Å²) >= 11 is 0. The molecule has 12 nitrogen and oxygen atoms in total. The normalized spacial score (nSPS) is 27.5. The zero-order valence-corrected chi connectivity index (χ0v) is 24.5. The molecule has 2 aliphatic carbocycles. The Bertz CT molecular complexity index is 1550. The molecule has 0 saturated carbocycles. The van der Waals surface area contributed by atoms with E-state index in [1.165, 1.54) is 0 Å². The highest BCUT2D eigenvalue weighted by atomic mass is 16.6. The summed E-state index contributed by atoms with van der Waals surface area (Å²) in [7, 11) is 3.53. The number of hydrogen-bond donors (Lipinski definition) is 2. The van der Waals surface area contributed by atoms with Crippen molar-refractivity contribution in [3.8, 4) is 11.5 Å². The fourth-order valence-electron chi connectivity index (χ4n) is 7.35. The summed E-state index contributed by atoms with van der Waals surface area (Å²) in [5.41, 5.74) is 0.0660. The number of carbonyl (C=O) groups excluding carboxylic acids is 3. The van der Waals surface area contributed by atoms with Crippen molar-refractivity contribution < 1.29 is 53.1 Å². The molecular weight excluding hydrogens is 574 g/mol. The molecule has 1 fully saturated rings. The number of piperidine rings is 1. The summed E-state index contributed by atoms with van der Waals surface area (Å²) in [6.45, 7) is 1.70. The number of carbonyl (C=O) groups is 4. The average molecular weight is 608 g/mol. The summed E-state index contributed by atoms with van der Waals surface area (Å²) in [6, 6.07) is 11.8. The predicted molar refractivity (Wildman–Crippen MR) is 151 cm³/mol. The molecule has 0 unspecified atom stereocenters. The molecule has 232 valence electrons. The molecule has 0 radical (unpaired) electrons. The Labute approximate surface area is 253 Å². The fourth-order valence-corrected chi connectivity index (χ4v) is 7.35. The number of likely N-dealkylation sites (tertiary alicyclic amines) is 1. The van der Waals surface area contributed by atoms with Crippen molar-refractivity contribution in [2.45, 2.75) is 68.0 Å². The van der Waals surface area contributed by atoms with E-state index >= 15 is 0 Å². The summed E-state index contributed by atoms with van der Waals surface area (Å²) in [5.74, 6) is -3.25. The molecular formula is C32H33NO11. The number of carboxylic acid groups (broad SMARTS) is 1.